The van der Waals surface area contributed by atoms with Crippen molar-refractivity contribution >= 4 is 120 Å². The molecule has 0 aliphatic heterocycles. The van der Waals surface area contributed by atoms with Crippen LogP contribution in [0.2, 0.25) is 0 Å². The minimum absolute atomic E-state index is 0. The van der Waals surface area contributed by atoms with Crippen molar-refractivity contribution in [3.8, 4) is 0 Å². The van der Waals surface area contributed by atoms with E-state index in [-0.39, 0.29) is 213 Å². The van der Waals surface area contributed by atoms with Gasteiger partial charge in [-0.2, -0.15) is 0 Å². The van der Waals surface area contributed by atoms with Gasteiger partial charge in [0.25, 0.3) is 0 Å². The van der Waals surface area contributed by atoms with Crippen LogP contribution in [0.3, 0.4) is 0 Å². The van der Waals surface area contributed by atoms with Crippen LogP contribution in [-0.4, -0.2) is 120 Å². The van der Waals surface area contributed by atoms with Gasteiger partial charge in [0.05, 0.1) is 0 Å². The van der Waals surface area contributed by atoms with Crippen LogP contribution in [0, 0.1) is 93.3 Å². The molecule has 8 heavy (non-hydrogen) atoms. The smallest absolute Gasteiger partial charge is 0 e. The molecule has 0 saturated carbocycles. The molecule has 0 aromatic carbocycles. The molecular formula is Sn5U3. The quantitative estimate of drug-likeness (QED) is 0.249. The fraction of sp³-hybridized carbons (Fsp3) is 0. The SMILES string of the molecule is [Sn].[Sn].[Sn].[Sn].[Sn].[U].[U].[U]. The number of hydrogen-bond acceptors (Lipinski definition) is 0. The van der Waals surface area contributed by atoms with Crippen molar-refractivity contribution in [2.75, 3.05) is 0 Å². The summed E-state index contributed by atoms with van der Waals surface area (Å²) in [4.78, 5) is 0. The first-order valence-corrected chi connectivity index (χ1v) is 0. The van der Waals surface area contributed by atoms with E-state index in [2.05, 4.69) is 0 Å². The van der Waals surface area contributed by atoms with Crippen LogP contribution in [0.25, 0.3) is 0 Å². The van der Waals surface area contributed by atoms with Crippen molar-refractivity contribution in [3.63, 3.8) is 0 Å². The minimum atomic E-state index is 0. The van der Waals surface area contributed by atoms with Gasteiger partial charge in [0.1, 0.15) is 0 Å². The summed E-state index contributed by atoms with van der Waals surface area (Å²) in [6, 6.07) is 0. The Morgan fingerprint density at radius 1 is 0.250 bits per heavy atom. The van der Waals surface area contributed by atoms with Gasteiger partial charge in [-0.3, -0.25) is 0 Å². The van der Waals surface area contributed by atoms with Crippen LogP contribution in [0.1, 0.15) is 0 Å². The standard InChI is InChI=1S/5Sn.3U. The van der Waals surface area contributed by atoms with E-state index in [9.17, 15) is 0 Å². The molecule has 0 atom stereocenters. The van der Waals surface area contributed by atoms with Gasteiger partial charge in [-0.25, -0.2) is 0 Å². The van der Waals surface area contributed by atoms with Gasteiger partial charge in [0, 0.05) is 213 Å². The zero-order valence-electron chi connectivity index (χ0n) is 4.00. The molecule has 0 heterocycles. The van der Waals surface area contributed by atoms with Crippen LogP contribution >= 0.6 is 0 Å². The van der Waals surface area contributed by atoms with Crippen molar-refractivity contribution in [1.82, 2.24) is 0 Å². The van der Waals surface area contributed by atoms with E-state index in [0.717, 1.165) is 0 Å². The van der Waals surface area contributed by atoms with Crippen molar-refractivity contribution in [1.29, 1.82) is 0 Å². The van der Waals surface area contributed by atoms with Gasteiger partial charge in [-0.05, 0) is 0 Å². The molecule has 0 aromatic heterocycles. The molecule has 0 unspecified atom stereocenters. The summed E-state index contributed by atoms with van der Waals surface area (Å²) in [7, 11) is 0. The van der Waals surface area contributed by atoms with E-state index in [1.165, 1.54) is 0 Å². The van der Waals surface area contributed by atoms with Gasteiger partial charge in [-0.1, -0.05) is 0 Å². The van der Waals surface area contributed by atoms with E-state index < -0.39 is 0 Å². The van der Waals surface area contributed by atoms with Crippen molar-refractivity contribution < 1.29 is 93.3 Å². The second-order valence-corrected chi connectivity index (χ2v) is 0. The minimum Gasteiger partial charge on any atom is 0 e. The topological polar surface area (TPSA) is 0 Å². The second-order valence-electron chi connectivity index (χ2n) is 0. The molecule has 0 bridgehead atoms. The normalized spacial score (nSPS) is 0. The van der Waals surface area contributed by atoms with Crippen molar-refractivity contribution in [3.05, 3.63) is 0 Å². The van der Waals surface area contributed by atoms with Gasteiger partial charge in [0.15, 0.2) is 0 Å². The molecule has 0 aliphatic rings. The Morgan fingerprint density at radius 3 is 0.250 bits per heavy atom. The van der Waals surface area contributed by atoms with E-state index in [0.29, 0.717) is 0 Å². The first-order valence-electron chi connectivity index (χ1n) is 0. The van der Waals surface area contributed by atoms with Crippen molar-refractivity contribution in [2.45, 2.75) is 0 Å². The first kappa shape index (κ1) is 59.3. The summed E-state index contributed by atoms with van der Waals surface area (Å²) in [5.41, 5.74) is 0. The van der Waals surface area contributed by atoms with E-state index in [4.69, 9.17) is 0 Å². The molecule has 20 radical (unpaired) electrons. The summed E-state index contributed by atoms with van der Waals surface area (Å²) in [6.07, 6.45) is 0. The average molecular weight is 1310 g/mol. The maximum atomic E-state index is 0. The summed E-state index contributed by atoms with van der Waals surface area (Å²) in [5, 5.41) is 0. The zero-order chi connectivity index (χ0) is 0. The fourth-order valence-corrected chi connectivity index (χ4v) is 0. The Kier molecular flexibility index (Phi) is 355. The molecule has 0 spiro atoms. The third-order valence-electron chi connectivity index (χ3n) is 0. The summed E-state index contributed by atoms with van der Waals surface area (Å²) < 4.78 is 0. The predicted octanol–water partition coefficient (Wildman–Crippen LogP) is -1.90. The van der Waals surface area contributed by atoms with Gasteiger partial charge < -0.3 is 0 Å². The van der Waals surface area contributed by atoms with Crippen LogP contribution in [0.5, 0.6) is 0 Å². The summed E-state index contributed by atoms with van der Waals surface area (Å²) in [6.45, 7) is 0. The average Bonchev–Trinajstić information content (AvgIpc) is 0. The van der Waals surface area contributed by atoms with E-state index >= 15 is 0 Å². The Hall–Kier alpha value is 7.15. The van der Waals surface area contributed by atoms with E-state index in [1.54, 1.807) is 0 Å². The molecule has 0 nitrogen and oxygen atoms in total. The molecule has 0 N–H and O–H groups in total. The van der Waals surface area contributed by atoms with Crippen LogP contribution in [0.4, 0.5) is 0 Å². The molecule has 0 aromatic rings. The molecule has 32 valence electrons. The summed E-state index contributed by atoms with van der Waals surface area (Å²) in [5.74, 6) is 0. The maximum Gasteiger partial charge on any atom is 0 e. The van der Waals surface area contributed by atoms with Gasteiger partial charge in [0.2, 0.25) is 0 Å². The predicted molar refractivity (Wildman–Crippen MR) is 28.8 cm³/mol. The van der Waals surface area contributed by atoms with Crippen molar-refractivity contribution in [2.24, 2.45) is 0 Å². The van der Waals surface area contributed by atoms with Gasteiger partial charge >= 0.3 is 0 Å². The Balaban J connectivity index is 0. The largest absolute Gasteiger partial charge is 0 e. The molecular weight excluding hydrogens is 1310 g/mol. The monoisotopic (exact) mass is 1310 g/mol. The second kappa shape index (κ2) is 47.9. The fourth-order valence-electron chi connectivity index (χ4n) is 0. The summed E-state index contributed by atoms with van der Waals surface area (Å²) >= 11 is 0. The first-order chi connectivity index (χ1) is 0. The Morgan fingerprint density at radius 2 is 0.250 bits per heavy atom. The van der Waals surface area contributed by atoms with Crippen LogP contribution in [0.15, 0.2) is 0 Å². The third kappa shape index (κ3) is 38.0. The Bertz CT molecular complexity index is 7.64. The molecule has 0 amide bonds. The third-order valence-corrected chi connectivity index (χ3v) is 0. The molecule has 0 rings (SSSR count). The zero-order valence-corrected chi connectivity index (χ0v) is 30.8. The van der Waals surface area contributed by atoms with Crippen LogP contribution < -0.4 is 0 Å². The molecule has 0 aliphatic carbocycles. The maximum absolute atomic E-state index is 0. The molecule has 8 heteroatoms. The van der Waals surface area contributed by atoms with Crippen LogP contribution in [-0.2, 0) is 0 Å². The Labute approximate surface area is 206 Å². The van der Waals surface area contributed by atoms with Gasteiger partial charge in [-0.15, -0.1) is 0 Å². The van der Waals surface area contributed by atoms with E-state index in [1.807, 2.05) is 0 Å². The number of hydrogen-bond donors (Lipinski definition) is 0. The molecule has 0 fully saturated rings. The number of rotatable bonds is 0. The molecule has 0 saturated heterocycles.